The first-order valence-electron chi connectivity index (χ1n) is 7.35. The van der Waals surface area contributed by atoms with E-state index in [0.717, 1.165) is 5.92 Å². The normalized spacial score (nSPS) is 33.6. The first-order chi connectivity index (χ1) is 8.19. The highest BCUT2D eigenvalue weighted by Crippen LogP contribution is 2.45. The third kappa shape index (κ3) is 1.24. The molecule has 1 heteroatoms. The lowest BCUT2D eigenvalue weighted by molar-refractivity contribution is 0.534. The van der Waals surface area contributed by atoms with Gasteiger partial charge in [0.15, 0.2) is 0 Å². The molecule has 2 heterocycles. The zero-order chi connectivity index (χ0) is 11.6. The smallest absolute Gasteiger partial charge is 0.0652 e. The summed E-state index contributed by atoms with van der Waals surface area (Å²) < 4.78 is 0. The standard InChI is InChI=1S/C16H22Si/c1-11-10-13-5-3-4-12-6-8-17(2)9-7-14(11)16(17)15(12)13/h10,12H,3-9H2,1-2H3. The van der Waals surface area contributed by atoms with Gasteiger partial charge in [-0.1, -0.05) is 23.8 Å². The van der Waals surface area contributed by atoms with Crippen LogP contribution in [0.5, 0.6) is 0 Å². The molecule has 1 aromatic carbocycles. The van der Waals surface area contributed by atoms with Crippen LogP contribution in [0.15, 0.2) is 6.07 Å². The first-order valence-corrected chi connectivity index (χ1v) is 10.3. The topological polar surface area (TPSA) is 0 Å². The predicted molar refractivity (Wildman–Crippen MR) is 76.0 cm³/mol. The second-order valence-electron chi connectivity index (χ2n) is 6.81. The van der Waals surface area contributed by atoms with Crippen molar-refractivity contribution >= 4 is 13.3 Å². The van der Waals surface area contributed by atoms with E-state index in [-0.39, 0.29) is 0 Å². The van der Waals surface area contributed by atoms with Gasteiger partial charge in [0.2, 0.25) is 0 Å². The summed E-state index contributed by atoms with van der Waals surface area (Å²) in [5.74, 6) is 0.951. The van der Waals surface area contributed by atoms with Crippen molar-refractivity contribution in [3.8, 4) is 0 Å². The molecule has 4 rings (SSSR count). The second kappa shape index (κ2) is 3.26. The van der Waals surface area contributed by atoms with Gasteiger partial charge in [0.05, 0.1) is 8.07 Å². The van der Waals surface area contributed by atoms with Gasteiger partial charge in [-0.05, 0) is 73.2 Å². The Morgan fingerprint density at radius 2 is 2.06 bits per heavy atom. The third-order valence-electron chi connectivity index (χ3n) is 5.77. The summed E-state index contributed by atoms with van der Waals surface area (Å²) in [5, 5.41) is 1.96. The molecule has 0 fully saturated rings. The molecule has 0 spiro atoms. The molecule has 2 aliphatic heterocycles. The van der Waals surface area contributed by atoms with Crippen LogP contribution in [-0.2, 0) is 12.8 Å². The average molecular weight is 242 g/mol. The van der Waals surface area contributed by atoms with Crippen LogP contribution in [0.3, 0.4) is 0 Å². The van der Waals surface area contributed by atoms with Gasteiger partial charge in [-0.25, -0.2) is 0 Å². The lowest BCUT2D eigenvalue weighted by Crippen LogP contribution is -2.48. The van der Waals surface area contributed by atoms with E-state index in [1.54, 1.807) is 28.8 Å². The van der Waals surface area contributed by atoms with Gasteiger partial charge >= 0.3 is 0 Å². The number of aryl methyl sites for hydroxylation is 2. The van der Waals surface area contributed by atoms with Crippen molar-refractivity contribution in [3.05, 3.63) is 28.3 Å². The van der Waals surface area contributed by atoms with Crippen LogP contribution in [0.2, 0.25) is 18.6 Å². The fraction of sp³-hybridized carbons (Fsp3) is 0.625. The summed E-state index contributed by atoms with van der Waals surface area (Å²) in [7, 11) is -1.03. The SMILES string of the molecule is Cc1cc2c3c4c1CC[Si]4(C)CCC3CCC2. The maximum atomic E-state index is 2.67. The number of benzene rings is 1. The fourth-order valence-electron chi connectivity index (χ4n) is 4.87. The van der Waals surface area contributed by atoms with Gasteiger partial charge < -0.3 is 0 Å². The maximum absolute atomic E-state index is 2.67. The third-order valence-corrected chi connectivity index (χ3v) is 10.3. The maximum Gasteiger partial charge on any atom is 0.0847 e. The van der Waals surface area contributed by atoms with Crippen molar-refractivity contribution in [2.45, 2.75) is 63.6 Å². The minimum absolute atomic E-state index is 0.951. The Hall–Kier alpha value is -0.563. The fourth-order valence-corrected chi connectivity index (χ4v) is 9.47. The van der Waals surface area contributed by atoms with Crippen molar-refractivity contribution in [1.82, 2.24) is 0 Å². The van der Waals surface area contributed by atoms with E-state index in [0.29, 0.717) is 0 Å². The van der Waals surface area contributed by atoms with Gasteiger partial charge in [0.1, 0.15) is 0 Å². The van der Waals surface area contributed by atoms with Crippen molar-refractivity contribution in [3.63, 3.8) is 0 Å². The predicted octanol–water partition coefficient (Wildman–Crippen LogP) is 3.66. The van der Waals surface area contributed by atoms with Crippen LogP contribution >= 0.6 is 0 Å². The highest BCUT2D eigenvalue weighted by molar-refractivity contribution is 6.92. The van der Waals surface area contributed by atoms with E-state index in [4.69, 9.17) is 0 Å². The number of hydrogen-bond acceptors (Lipinski definition) is 0. The van der Waals surface area contributed by atoms with Crippen LogP contribution in [0, 0.1) is 6.92 Å². The van der Waals surface area contributed by atoms with E-state index in [1.165, 1.54) is 32.1 Å². The molecule has 0 aromatic heterocycles. The summed E-state index contributed by atoms with van der Waals surface area (Å²) in [6.45, 7) is 5.04. The summed E-state index contributed by atoms with van der Waals surface area (Å²) >= 11 is 0. The van der Waals surface area contributed by atoms with E-state index in [9.17, 15) is 0 Å². The molecule has 3 aliphatic rings. The highest BCUT2D eigenvalue weighted by Gasteiger charge is 2.45. The van der Waals surface area contributed by atoms with Crippen molar-refractivity contribution in [2.75, 3.05) is 0 Å². The molecule has 0 saturated carbocycles. The molecule has 0 amide bonds. The van der Waals surface area contributed by atoms with Gasteiger partial charge in [0, 0.05) is 0 Å². The highest BCUT2D eigenvalue weighted by atomic mass is 28.3. The summed E-state index contributed by atoms with van der Waals surface area (Å²) in [5.41, 5.74) is 7.05. The summed E-state index contributed by atoms with van der Waals surface area (Å²) in [6, 6.07) is 5.68. The lowest BCUT2D eigenvalue weighted by atomic mass is 9.79. The second-order valence-corrected chi connectivity index (χ2v) is 11.4. The Morgan fingerprint density at radius 3 is 2.94 bits per heavy atom. The largest absolute Gasteiger partial charge is 0.0847 e. The number of rotatable bonds is 0. The van der Waals surface area contributed by atoms with Crippen LogP contribution in [0.1, 0.15) is 47.4 Å². The molecule has 2 atom stereocenters. The Kier molecular flexibility index (Phi) is 1.99. The van der Waals surface area contributed by atoms with Gasteiger partial charge in [-0.3, -0.25) is 0 Å². The molecule has 0 saturated heterocycles. The molecule has 0 bridgehead atoms. The van der Waals surface area contributed by atoms with E-state index < -0.39 is 8.07 Å². The van der Waals surface area contributed by atoms with Crippen LogP contribution in [0.25, 0.3) is 0 Å². The molecule has 2 unspecified atom stereocenters. The van der Waals surface area contributed by atoms with Crippen LogP contribution in [0.4, 0.5) is 0 Å². The average Bonchev–Trinajstić information content (AvgIpc) is 2.68. The van der Waals surface area contributed by atoms with Crippen LogP contribution in [-0.4, -0.2) is 8.07 Å². The van der Waals surface area contributed by atoms with Crippen molar-refractivity contribution in [1.29, 1.82) is 0 Å². The number of hydrogen-bond donors (Lipinski definition) is 0. The Balaban J connectivity index is 2.07. The lowest BCUT2D eigenvalue weighted by Gasteiger charge is -2.39. The molecule has 0 N–H and O–H groups in total. The van der Waals surface area contributed by atoms with Crippen molar-refractivity contribution < 1.29 is 0 Å². The van der Waals surface area contributed by atoms with Gasteiger partial charge in [-0.15, -0.1) is 0 Å². The minimum atomic E-state index is -1.03. The molecule has 1 aromatic rings. The van der Waals surface area contributed by atoms with Crippen LogP contribution < -0.4 is 5.19 Å². The zero-order valence-corrected chi connectivity index (χ0v) is 12.1. The first kappa shape index (κ1) is 10.4. The molecule has 1 aliphatic carbocycles. The van der Waals surface area contributed by atoms with E-state index in [2.05, 4.69) is 19.5 Å². The van der Waals surface area contributed by atoms with E-state index in [1.807, 2.05) is 10.8 Å². The Bertz CT molecular complexity index is 503. The molecule has 17 heavy (non-hydrogen) atoms. The monoisotopic (exact) mass is 242 g/mol. The Morgan fingerprint density at radius 1 is 1.18 bits per heavy atom. The van der Waals surface area contributed by atoms with Gasteiger partial charge in [0.25, 0.3) is 0 Å². The van der Waals surface area contributed by atoms with Gasteiger partial charge in [-0.2, -0.15) is 0 Å². The summed E-state index contributed by atoms with van der Waals surface area (Å²) in [6.07, 6.45) is 7.21. The molecule has 90 valence electrons. The molecular formula is C16H22Si. The van der Waals surface area contributed by atoms with Crippen molar-refractivity contribution in [2.24, 2.45) is 0 Å². The van der Waals surface area contributed by atoms with E-state index >= 15 is 0 Å². The molecule has 0 nitrogen and oxygen atoms in total. The molecular weight excluding hydrogens is 220 g/mol. The zero-order valence-electron chi connectivity index (χ0n) is 11.1. The summed E-state index contributed by atoms with van der Waals surface area (Å²) in [4.78, 5) is 0. The quantitative estimate of drug-likeness (QED) is 0.609. The molecule has 0 radical (unpaired) electrons. The Labute approximate surface area is 105 Å². The minimum Gasteiger partial charge on any atom is -0.0652 e.